The van der Waals surface area contributed by atoms with E-state index in [0.29, 0.717) is 5.92 Å². The molecular formula is C17H28N2O2. The van der Waals surface area contributed by atoms with Gasteiger partial charge in [0.15, 0.2) is 6.61 Å². The molecule has 21 heavy (non-hydrogen) atoms. The standard InChI is InChI=1S/C17H28N2O2/c1-4-5-10-19-17(20)13-21-16-8-6-15(7-9-16)12-18-11-14(2)3/h6-9,14,18H,4-5,10-13H2,1-3H3,(H,19,20). The fourth-order valence-corrected chi connectivity index (χ4v) is 1.81. The van der Waals surface area contributed by atoms with Gasteiger partial charge in [-0.1, -0.05) is 39.3 Å². The lowest BCUT2D eigenvalue weighted by molar-refractivity contribution is -0.123. The monoisotopic (exact) mass is 292 g/mol. The van der Waals surface area contributed by atoms with Crippen molar-refractivity contribution in [3.05, 3.63) is 29.8 Å². The molecular weight excluding hydrogens is 264 g/mol. The molecule has 4 heteroatoms. The first-order chi connectivity index (χ1) is 10.1. The van der Waals surface area contributed by atoms with Crippen molar-refractivity contribution in [3.8, 4) is 5.75 Å². The molecule has 0 saturated carbocycles. The maximum Gasteiger partial charge on any atom is 0.257 e. The highest BCUT2D eigenvalue weighted by molar-refractivity contribution is 5.77. The first kappa shape index (κ1) is 17.5. The largest absolute Gasteiger partial charge is 0.484 e. The molecule has 0 aliphatic heterocycles. The summed E-state index contributed by atoms with van der Waals surface area (Å²) in [4.78, 5) is 11.5. The van der Waals surface area contributed by atoms with Crippen LogP contribution >= 0.6 is 0 Å². The van der Waals surface area contributed by atoms with E-state index in [1.54, 1.807) is 0 Å². The number of unbranched alkanes of at least 4 members (excludes halogenated alkanes) is 1. The van der Waals surface area contributed by atoms with E-state index in [1.165, 1.54) is 5.56 Å². The van der Waals surface area contributed by atoms with E-state index in [9.17, 15) is 4.79 Å². The zero-order chi connectivity index (χ0) is 15.5. The van der Waals surface area contributed by atoms with Gasteiger partial charge in [0.1, 0.15) is 5.75 Å². The molecule has 1 aromatic carbocycles. The van der Waals surface area contributed by atoms with Crippen molar-refractivity contribution in [3.63, 3.8) is 0 Å². The van der Waals surface area contributed by atoms with E-state index in [-0.39, 0.29) is 12.5 Å². The van der Waals surface area contributed by atoms with Gasteiger partial charge < -0.3 is 15.4 Å². The molecule has 1 amide bonds. The van der Waals surface area contributed by atoms with Crippen molar-refractivity contribution < 1.29 is 9.53 Å². The predicted molar refractivity (Wildman–Crippen MR) is 86.4 cm³/mol. The highest BCUT2D eigenvalue weighted by Crippen LogP contribution is 2.12. The van der Waals surface area contributed by atoms with Gasteiger partial charge in [0.2, 0.25) is 0 Å². The Morgan fingerprint density at radius 2 is 1.95 bits per heavy atom. The predicted octanol–water partition coefficient (Wildman–Crippen LogP) is 2.73. The topological polar surface area (TPSA) is 50.4 Å². The number of rotatable bonds is 10. The number of hydrogen-bond donors (Lipinski definition) is 2. The van der Waals surface area contributed by atoms with Crippen LogP contribution in [0.4, 0.5) is 0 Å². The number of amides is 1. The van der Waals surface area contributed by atoms with Crippen LogP contribution in [-0.4, -0.2) is 25.6 Å². The van der Waals surface area contributed by atoms with E-state index < -0.39 is 0 Å². The molecule has 0 heterocycles. The number of hydrogen-bond acceptors (Lipinski definition) is 3. The van der Waals surface area contributed by atoms with Crippen molar-refractivity contribution in [2.75, 3.05) is 19.7 Å². The van der Waals surface area contributed by atoms with E-state index >= 15 is 0 Å². The Bertz CT molecular complexity index is 402. The van der Waals surface area contributed by atoms with Crippen LogP contribution in [0.15, 0.2) is 24.3 Å². The van der Waals surface area contributed by atoms with Gasteiger partial charge >= 0.3 is 0 Å². The average Bonchev–Trinajstić information content (AvgIpc) is 2.46. The van der Waals surface area contributed by atoms with E-state index in [1.807, 2.05) is 24.3 Å². The number of carbonyl (C=O) groups is 1. The first-order valence-electron chi connectivity index (χ1n) is 7.81. The molecule has 0 bridgehead atoms. The number of carbonyl (C=O) groups excluding carboxylic acids is 1. The Balaban J connectivity index is 2.25. The molecule has 0 aromatic heterocycles. The molecule has 0 aliphatic carbocycles. The van der Waals surface area contributed by atoms with Gasteiger partial charge in [0, 0.05) is 13.1 Å². The number of benzene rings is 1. The zero-order valence-electron chi connectivity index (χ0n) is 13.4. The summed E-state index contributed by atoms with van der Waals surface area (Å²) >= 11 is 0. The summed E-state index contributed by atoms with van der Waals surface area (Å²) in [6.07, 6.45) is 2.08. The fraction of sp³-hybridized carbons (Fsp3) is 0.588. The van der Waals surface area contributed by atoms with Gasteiger partial charge in [-0.15, -0.1) is 0 Å². The van der Waals surface area contributed by atoms with Crippen molar-refractivity contribution in [1.82, 2.24) is 10.6 Å². The molecule has 0 fully saturated rings. The molecule has 0 atom stereocenters. The van der Waals surface area contributed by atoms with Crippen molar-refractivity contribution >= 4 is 5.91 Å². The quantitative estimate of drug-likeness (QED) is 0.652. The van der Waals surface area contributed by atoms with E-state index in [2.05, 4.69) is 31.4 Å². The van der Waals surface area contributed by atoms with Crippen LogP contribution < -0.4 is 15.4 Å². The van der Waals surface area contributed by atoms with Crippen LogP contribution in [0.5, 0.6) is 5.75 Å². The maximum absolute atomic E-state index is 11.5. The van der Waals surface area contributed by atoms with Gasteiger partial charge in [-0.05, 0) is 36.6 Å². The van der Waals surface area contributed by atoms with Crippen LogP contribution in [0.2, 0.25) is 0 Å². The van der Waals surface area contributed by atoms with Crippen LogP contribution in [0.1, 0.15) is 39.2 Å². The fourth-order valence-electron chi connectivity index (χ4n) is 1.81. The normalized spacial score (nSPS) is 10.7. The summed E-state index contributed by atoms with van der Waals surface area (Å²) in [6.45, 7) is 9.14. The summed E-state index contributed by atoms with van der Waals surface area (Å²) in [5.41, 5.74) is 1.22. The van der Waals surface area contributed by atoms with Crippen LogP contribution in [0, 0.1) is 5.92 Å². The Hall–Kier alpha value is -1.55. The lowest BCUT2D eigenvalue weighted by Crippen LogP contribution is -2.29. The summed E-state index contributed by atoms with van der Waals surface area (Å²) in [7, 11) is 0. The molecule has 4 nitrogen and oxygen atoms in total. The summed E-state index contributed by atoms with van der Waals surface area (Å²) in [5.74, 6) is 1.32. The second-order valence-electron chi connectivity index (χ2n) is 5.66. The van der Waals surface area contributed by atoms with Crippen LogP contribution in [-0.2, 0) is 11.3 Å². The average molecular weight is 292 g/mol. The highest BCUT2D eigenvalue weighted by Gasteiger charge is 2.02. The zero-order valence-corrected chi connectivity index (χ0v) is 13.4. The first-order valence-corrected chi connectivity index (χ1v) is 7.81. The second kappa shape index (κ2) is 10.2. The number of nitrogens with one attached hydrogen (secondary N) is 2. The summed E-state index contributed by atoms with van der Waals surface area (Å²) < 4.78 is 5.46. The van der Waals surface area contributed by atoms with Gasteiger partial charge in [0.05, 0.1) is 0 Å². The Morgan fingerprint density at radius 3 is 2.57 bits per heavy atom. The Kier molecular flexibility index (Phi) is 8.51. The Labute approximate surface area is 128 Å². The minimum atomic E-state index is -0.0638. The van der Waals surface area contributed by atoms with E-state index in [4.69, 9.17) is 4.74 Å². The molecule has 2 N–H and O–H groups in total. The third kappa shape index (κ3) is 8.35. The second-order valence-corrected chi connectivity index (χ2v) is 5.66. The molecule has 1 aromatic rings. The third-order valence-corrected chi connectivity index (χ3v) is 3.03. The van der Waals surface area contributed by atoms with Crippen molar-refractivity contribution in [1.29, 1.82) is 0 Å². The molecule has 0 saturated heterocycles. The molecule has 0 aliphatic rings. The Morgan fingerprint density at radius 1 is 1.24 bits per heavy atom. The summed E-state index contributed by atoms with van der Waals surface area (Å²) in [5, 5.41) is 6.22. The molecule has 1 rings (SSSR count). The van der Waals surface area contributed by atoms with Gasteiger partial charge in [-0.2, -0.15) is 0 Å². The minimum Gasteiger partial charge on any atom is -0.484 e. The van der Waals surface area contributed by atoms with Gasteiger partial charge in [0.25, 0.3) is 5.91 Å². The minimum absolute atomic E-state index is 0.0638. The molecule has 0 spiro atoms. The van der Waals surface area contributed by atoms with Gasteiger partial charge in [-0.25, -0.2) is 0 Å². The van der Waals surface area contributed by atoms with E-state index in [0.717, 1.165) is 38.2 Å². The third-order valence-electron chi connectivity index (χ3n) is 3.03. The lowest BCUT2D eigenvalue weighted by atomic mass is 10.2. The highest BCUT2D eigenvalue weighted by atomic mass is 16.5. The summed E-state index contributed by atoms with van der Waals surface area (Å²) in [6, 6.07) is 7.87. The van der Waals surface area contributed by atoms with Gasteiger partial charge in [-0.3, -0.25) is 4.79 Å². The lowest BCUT2D eigenvalue weighted by Gasteiger charge is -2.09. The molecule has 0 unspecified atom stereocenters. The molecule has 0 radical (unpaired) electrons. The maximum atomic E-state index is 11.5. The number of ether oxygens (including phenoxy) is 1. The smallest absolute Gasteiger partial charge is 0.257 e. The van der Waals surface area contributed by atoms with Crippen LogP contribution in [0.25, 0.3) is 0 Å². The molecule has 118 valence electrons. The van der Waals surface area contributed by atoms with Crippen molar-refractivity contribution in [2.45, 2.75) is 40.2 Å². The van der Waals surface area contributed by atoms with Crippen LogP contribution in [0.3, 0.4) is 0 Å². The SMILES string of the molecule is CCCCNC(=O)COc1ccc(CNCC(C)C)cc1. The van der Waals surface area contributed by atoms with Crippen molar-refractivity contribution in [2.24, 2.45) is 5.92 Å².